The van der Waals surface area contributed by atoms with E-state index in [4.69, 9.17) is 4.74 Å². The van der Waals surface area contributed by atoms with Gasteiger partial charge in [0, 0.05) is 11.5 Å². The van der Waals surface area contributed by atoms with E-state index in [-0.39, 0.29) is 0 Å². The van der Waals surface area contributed by atoms with Crippen LogP contribution in [-0.2, 0) is 0 Å². The molecule has 59 valence electrons. The van der Waals surface area contributed by atoms with Crippen LogP contribution in [0.25, 0.3) is 10.8 Å². The molecular formula is C10H8NO. The van der Waals surface area contributed by atoms with Crippen molar-refractivity contribution in [2.24, 2.45) is 0 Å². The Bertz CT molecular complexity index is 398. The summed E-state index contributed by atoms with van der Waals surface area (Å²) in [5, 5.41) is 2.11. The standard InChI is InChI=1S/C10H8NO/c1-12-10-6-8-4-2-3-5-9(8)7-11-10/h2-6H,1H3. The predicted octanol–water partition coefficient (Wildman–Crippen LogP) is 2.04. The van der Waals surface area contributed by atoms with Gasteiger partial charge in [0.25, 0.3) is 0 Å². The van der Waals surface area contributed by atoms with Crippen LogP contribution < -0.4 is 4.74 Å². The highest BCUT2D eigenvalue weighted by molar-refractivity contribution is 5.81. The second-order valence-electron chi connectivity index (χ2n) is 2.50. The summed E-state index contributed by atoms with van der Waals surface area (Å²) in [4.78, 5) is 3.98. The van der Waals surface area contributed by atoms with E-state index >= 15 is 0 Å². The third-order valence-electron chi connectivity index (χ3n) is 1.74. The second-order valence-corrected chi connectivity index (χ2v) is 2.50. The summed E-state index contributed by atoms with van der Waals surface area (Å²) in [5.41, 5.74) is 0. The van der Waals surface area contributed by atoms with Crippen molar-refractivity contribution < 1.29 is 4.74 Å². The van der Waals surface area contributed by atoms with Crippen molar-refractivity contribution in [3.05, 3.63) is 36.5 Å². The zero-order chi connectivity index (χ0) is 8.39. The third-order valence-corrected chi connectivity index (χ3v) is 1.74. The predicted molar refractivity (Wildman–Crippen MR) is 47.1 cm³/mol. The fourth-order valence-corrected chi connectivity index (χ4v) is 1.11. The number of methoxy groups -OCH3 is 1. The third kappa shape index (κ3) is 1.11. The molecule has 12 heavy (non-hydrogen) atoms. The minimum atomic E-state index is 0.605. The van der Waals surface area contributed by atoms with Crippen molar-refractivity contribution in [2.75, 3.05) is 7.11 Å². The summed E-state index contributed by atoms with van der Waals surface area (Å²) >= 11 is 0. The van der Waals surface area contributed by atoms with Gasteiger partial charge in [0.15, 0.2) is 0 Å². The molecule has 0 saturated heterocycles. The normalized spacial score (nSPS) is 10.1. The quantitative estimate of drug-likeness (QED) is 0.633. The van der Waals surface area contributed by atoms with Gasteiger partial charge in [0.1, 0.15) is 6.20 Å². The monoisotopic (exact) mass is 158 g/mol. The van der Waals surface area contributed by atoms with Crippen molar-refractivity contribution in [3.8, 4) is 5.88 Å². The van der Waals surface area contributed by atoms with Crippen LogP contribution >= 0.6 is 0 Å². The van der Waals surface area contributed by atoms with E-state index in [0.29, 0.717) is 5.88 Å². The van der Waals surface area contributed by atoms with Crippen LogP contribution in [0.4, 0.5) is 0 Å². The molecule has 0 bridgehead atoms. The summed E-state index contributed by atoms with van der Waals surface area (Å²) in [6.07, 6.45) is 2.90. The molecule has 1 heterocycles. The fourth-order valence-electron chi connectivity index (χ4n) is 1.11. The van der Waals surface area contributed by atoms with E-state index in [9.17, 15) is 0 Å². The van der Waals surface area contributed by atoms with Gasteiger partial charge in [-0.05, 0) is 5.39 Å². The first kappa shape index (κ1) is 7.10. The molecule has 0 aliphatic heterocycles. The van der Waals surface area contributed by atoms with Gasteiger partial charge >= 0.3 is 0 Å². The first-order chi connectivity index (χ1) is 5.90. The number of hydrogen-bond donors (Lipinski definition) is 0. The zero-order valence-corrected chi connectivity index (χ0v) is 6.74. The lowest BCUT2D eigenvalue weighted by Crippen LogP contribution is -1.86. The summed E-state index contributed by atoms with van der Waals surface area (Å²) in [6.45, 7) is 0. The molecule has 0 atom stereocenters. The smallest absolute Gasteiger partial charge is 0.214 e. The molecule has 2 nitrogen and oxygen atoms in total. The van der Waals surface area contributed by atoms with Crippen molar-refractivity contribution in [1.29, 1.82) is 0 Å². The van der Waals surface area contributed by atoms with E-state index in [2.05, 4.69) is 11.2 Å². The molecule has 0 amide bonds. The molecule has 2 aromatic rings. The maximum absolute atomic E-state index is 4.98. The number of ether oxygens (including phenoxy) is 1. The van der Waals surface area contributed by atoms with Crippen molar-refractivity contribution in [1.82, 2.24) is 4.98 Å². The van der Waals surface area contributed by atoms with Crippen molar-refractivity contribution >= 4 is 10.8 Å². The number of rotatable bonds is 1. The van der Waals surface area contributed by atoms with Gasteiger partial charge in [-0.25, -0.2) is 4.98 Å². The maximum atomic E-state index is 4.98. The minimum Gasteiger partial charge on any atom is -0.481 e. The number of pyridine rings is 1. The van der Waals surface area contributed by atoms with Gasteiger partial charge < -0.3 is 4.74 Å². The van der Waals surface area contributed by atoms with Crippen LogP contribution in [0.1, 0.15) is 0 Å². The van der Waals surface area contributed by atoms with Crippen LogP contribution in [0.15, 0.2) is 30.3 Å². The van der Waals surface area contributed by atoms with E-state index < -0.39 is 0 Å². The van der Waals surface area contributed by atoms with Crippen LogP contribution in [0.3, 0.4) is 0 Å². The van der Waals surface area contributed by atoms with E-state index in [1.807, 2.05) is 30.3 Å². The molecule has 2 heteroatoms. The lowest BCUT2D eigenvalue weighted by molar-refractivity contribution is 0.398. The number of fused-ring (bicyclic) bond motifs is 1. The number of hydrogen-bond acceptors (Lipinski definition) is 2. The van der Waals surface area contributed by atoms with Gasteiger partial charge in [0.2, 0.25) is 5.88 Å². The second kappa shape index (κ2) is 2.81. The Morgan fingerprint density at radius 2 is 2.17 bits per heavy atom. The first-order valence-corrected chi connectivity index (χ1v) is 3.71. The summed E-state index contributed by atoms with van der Waals surface area (Å²) in [6, 6.07) is 9.83. The van der Waals surface area contributed by atoms with Crippen molar-refractivity contribution in [2.45, 2.75) is 0 Å². The van der Waals surface area contributed by atoms with E-state index in [0.717, 1.165) is 10.8 Å². The molecule has 1 radical (unpaired) electrons. The first-order valence-electron chi connectivity index (χ1n) is 3.71. The van der Waals surface area contributed by atoms with Gasteiger partial charge in [-0.2, -0.15) is 0 Å². The summed E-state index contributed by atoms with van der Waals surface area (Å²) in [5.74, 6) is 0.605. The molecule has 0 spiro atoms. The number of benzene rings is 1. The number of aromatic nitrogens is 1. The Morgan fingerprint density at radius 1 is 1.33 bits per heavy atom. The van der Waals surface area contributed by atoms with E-state index in [1.165, 1.54) is 0 Å². The van der Waals surface area contributed by atoms with Gasteiger partial charge in [-0.3, -0.25) is 0 Å². The number of nitrogens with zero attached hydrogens (tertiary/aromatic N) is 1. The van der Waals surface area contributed by atoms with Gasteiger partial charge in [-0.15, -0.1) is 0 Å². The van der Waals surface area contributed by atoms with Crippen molar-refractivity contribution in [3.63, 3.8) is 0 Å². The zero-order valence-electron chi connectivity index (χ0n) is 6.74. The molecule has 1 aromatic carbocycles. The maximum Gasteiger partial charge on any atom is 0.214 e. The Labute approximate surface area is 70.8 Å². The highest BCUT2D eigenvalue weighted by Gasteiger charge is 1.95. The van der Waals surface area contributed by atoms with Gasteiger partial charge in [-0.1, -0.05) is 24.3 Å². The van der Waals surface area contributed by atoms with Gasteiger partial charge in [0.05, 0.1) is 7.11 Å². The largest absolute Gasteiger partial charge is 0.481 e. The molecule has 0 unspecified atom stereocenters. The highest BCUT2D eigenvalue weighted by atomic mass is 16.5. The molecule has 0 N–H and O–H groups in total. The lowest BCUT2D eigenvalue weighted by Gasteiger charge is -1.99. The Balaban J connectivity index is 2.67. The topological polar surface area (TPSA) is 22.1 Å². The molecular weight excluding hydrogens is 150 g/mol. The van der Waals surface area contributed by atoms with Crippen LogP contribution in [0.5, 0.6) is 5.88 Å². The SMILES string of the molecule is COc1cc2ccccc2[c]n1. The molecule has 0 aliphatic rings. The molecule has 1 aromatic heterocycles. The molecule has 0 aliphatic carbocycles. The molecule has 0 saturated carbocycles. The Hall–Kier alpha value is -1.57. The Kier molecular flexibility index (Phi) is 1.67. The molecule has 2 rings (SSSR count). The Morgan fingerprint density at radius 3 is 3.00 bits per heavy atom. The average Bonchev–Trinajstić information content (AvgIpc) is 2.17. The summed E-state index contributed by atoms with van der Waals surface area (Å²) in [7, 11) is 1.60. The lowest BCUT2D eigenvalue weighted by atomic mass is 10.2. The fraction of sp³-hybridized carbons (Fsp3) is 0.100. The average molecular weight is 158 g/mol. The summed E-state index contributed by atoms with van der Waals surface area (Å²) < 4.78 is 4.98. The van der Waals surface area contributed by atoms with E-state index in [1.54, 1.807) is 7.11 Å². The van der Waals surface area contributed by atoms with Crippen LogP contribution in [-0.4, -0.2) is 12.1 Å². The molecule has 0 fully saturated rings. The minimum absolute atomic E-state index is 0.605. The van der Waals surface area contributed by atoms with Crippen LogP contribution in [0.2, 0.25) is 0 Å². The highest BCUT2D eigenvalue weighted by Crippen LogP contribution is 2.16. The van der Waals surface area contributed by atoms with Crippen LogP contribution in [0, 0.1) is 6.20 Å².